The summed E-state index contributed by atoms with van der Waals surface area (Å²) >= 11 is 0. The van der Waals surface area contributed by atoms with Crippen LogP contribution in [0.15, 0.2) is 59.7 Å². The number of H-pyrrole nitrogens is 2. The van der Waals surface area contributed by atoms with Crippen LogP contribution in [-0.2, 0) is 12.8 Å². The first-order valence-electron chi connectivity index (χ1n) is 16.0. The summed E-state index contributed by atoms with van der Waals surface area (Å²) in [7, 11) is 0. The minimum atomic E-state index is -5.09. The number of nitrogens with two attached hydrogens (primary N) is 2. The third-order valence-electron chi connectivity index (χ3n) is 8.14. The predicted octanol–water partition coefficient (Wildman–Crippen LogP) is 4.34. The number of rotatable bonds is 15. The highest BCUT2D eigenvalue weighted by atomic mass is 19.4. The van der Waals surface area contributed by atoms with Crippen LogP contribution in [0.5, 0.6) is 5.75 Å². The summed E-state index contributed by atoms with van der Waals surface area (Å²) in [5.41, 5.74) is 13.6. The number of fused-ring (bicyclic) bond motifs is 1. The quantitative estimate of drug-likeness (QED) is 0.0472. The lowest BCUT2D eigenvalue weighted by Crippen LogP contribution is -2.42. The average Bonchev–Trinajstić information content (AvgIpc) is 3.70. The molecular weight excluding hydrogens is 658 g/mol. The van der Waals surface area contributed by atoms with Crippen LogP contribution < -0.4 is 32.5 Å². The predicted molar refractivity (Wildman–Crippen MR) is 180 cm³/mol. The zero-order valence-electron chi connectivity index (χ0n) is 27.4. The van der Waals surface area contributed by atoms with E-state index in [1.54, 1.807) is 18.3 Å². The molecule has 17 heteroatoms. The van der Waals surface area contributed by atoms with Crippen LogP contribution in [0.4, 0.5) is 17.6 Å². The minimum Gasteiger partial charge on any atom is -0.403 e. The Hall–Kier alpha value is -5.29. The fraction of sp³-hybridized carbons (Fsp3) is 0.364. The van der Waals surface area contributed by atoms with Crippen molar-refractivity contribution in [1.29, 1.82) is 5.41 Å². The highest BCUT2D eigenvalue weighted by Gasteiger charge is 2.33. The number of benzene rings is 2. The highest BCUT2D eigenvalue weighted by Crippen LogP contribution is 2.35. The van der Waals surface area contributed by atoms with Crippen molar-refractivity contribution in [3.63, 3.8) is 0 Å². The SMILES string of the molecule is C[C@H](N)CCCc1cc(OC(F)(F)F)c(F)c(-c2cc3cn(-c4ccc([C@H](C)NCC[C@@H](Cc5c[nH]nn5)NC(=N)N)cc4)c(=O)nc3[nH]2)c1. The van der Waals surface area contributed by atoms with E-state index < -0.39 is 23.6 Å². The van der Waals surface area contributed by atoms with Gasteiger partial charge in [-0.15, -0.1) is 18.3 Å². The number of alkyl halides is 3. The molecule has 0 spiro atoms. The first-order chi connectivity index (χ1) is 23.8. The van der Waals surface area contributed by atoms with Crippen LogP contribution in [0.1, 0.15) is 56.0 Å². The Morgan fingerprint density at radius 1 is 1.14 bits per heavy atom. The molecule has 0 unspecified atom stereocenters. The van der Waals surface area contributed by atoms with E-state index in [1.807, 2.05) is 26.0 Å². The topological polar surface area (TPSA) is 201 Å². The third-order valence-corrected chi connectivity index (χ3v) is 8.14. The maximum atomic E-state index is 15.4. The molecule has 266 valence electrons. The van der Waals surface area contributed by atoms with Gasteiger partial charge in [-0.3, -0.25) is 15.1 Å². The molecule has 5 aromatic rings. The summed E-state index contributed by atoms with van der Waals surface area (Å²) in [6, 6.07) is 11.1. The zero-order chi connectivity index (χ0) is 36.0. The van der Waals surface area contributed by atoms with Crippen molar-refractivity contribution in [2.45, 2.75) is 70.4 Å². The molecule has 3 heterocycles. The Morgan fingerprint density at radius 3 is 2.56 bits per heavy atom. The molecule has 13 nitrogen and oxygen atoms in total. The standard InChI is InChI=1S/C33H39F4N11O2/c1-18(38)4-3-5-20-12-26(29(34)28(13-20)50-33(35,36)37)27-14-22-17-48(32(49)45-30(22)44-27)25-8-6-21(7-9-25)19(2)41-11-10-23(43-31(39)40)15-24-16-42-47-46-24/h6-9,12-14,16-19,23,41H,3-5,10-11,15,38H2,1-2H3,(H4,39,40,43)(H,42,46,47)(H,44,45,49)/t18-,19-,23-/m0/s1. The summed E-state index contributed by atoms with van der Waals surface area (Å²) in [4.78, 5) is 20.0. The van der Waals surface area contributed by atoms with Crippen LogP contribution in [-0.4, -0.2) is 60.9 Å². The molecule has 0 bridgehead atoms. The molecule has 9 N–H and O–H groups in total. The normalized spacial score (nSPS) is 13.7. The molecule has 0 aliphatic rings. The van der Waals surface area contributed by atoms with Gasteiger partial charge in [-0.1, -0.05) is 17.3 Å². The summed E-state index contributed by atoms with van der Waals surface area (Å²) in [5.74, 6) is -2.27. The summed E-state index contributed by atoms with van der Waals surface area (Å²) in [6.07, 6.45) is 0.914. The number of guanidine groups is 1. The van der Waals surface area contributed by atoms with Gasteiger partial charge in [-0.05, 0) is 87.5 Å². The monoisotopic (exact) mass is 697 g/mol. The summed E-state index contributed by atoms with van der Waals surface area (Å²) < 4.78 is 60.2. The van der Waals surface area contributed by atoms with Crippen LogP contribution >= 0.6 is 0 Å². The van der Waals surface area contributed by atoms with Gasteiger partial charge in [0.05, 0.1) is 17.1 Å². The van der Waals surface area contributed by atoms with E-state index in [0.29, 0.717) is 55.3 Å². The summed E-state index contributed by atoms with van der Waals surface area (Å²) in [6.45, 7) is 4.44. The van der Waals surface area contributed by atoms with E-state index in [-0.39, 0.29) is 41.0 Å². The van der Waals surface area contributed by atoms with Crippen molar-refractivity contribution in [3.05, 3.63) is 88.0 Å². The van der Waals surface area contributed by atoms with E-state index in [1.165, 1.54) is 22.9 Å². The van der Waals surface area contributed by atoms with Gasteiger partial charge in [0, 0.05) is 47.9 Å². The number of ether oxygens (including phenoxy) is 1. The molecule has 0 fully saturated rings. The lowest BCUT2D eigenvalue weighted by atomic mass is 10.0. The number of nitrogens with zero attached hydrogens (tertiary/aromatic N) is 4. The van der Waals surface area contributed by atoms with Crippen molar-refractivity contribution in [3.8, 4) is 22.7 Å². The maximum Gasteiger partial charge on any atom is 0.573 e. The molecular formula is C33H39F4N11O2. The molecule has 0 aliphatic heterocycles. The Kier molecular flexibility index (Phi) is 11.2. The van der Waals surface area contributed by atoms with Crippen molar-refractivity contribution in [2.75, 3.05) is 6.54 Å². The summed E-state index contributed by atoms with van der Waals surface area (Å²) in [5, 5.41) is 24.8. The minimum absolute atomic E-state index is 0.0470. The smallest absolute Gasteiger partial charge is 0.403 e. The first kappa shape index (κ1) is 36.0. The van der Waals surface area contributed by atoms with Crippen LogP contribution in [0.25, 0.3) is 28.0 Å². The second kappa shape index (κ2) is 15.5. The number of hydrogen-bond donors (Lipinski definition) is 7. The molecule has 5 rings (SSSR count). The fourth-order valence-corrected chi connectivity index (χ4v) is 5.69. The van der Waals surface area contributed by atoms with Gasteiger partial charge in [-0.2, -0.15) is 4.98 Å². The largest absolute Gasteiger partial charge is 0.573 e. The van der Waals surface area contributed by atoms with E-state index in [2.05, 4.69) is 40.7 Å². The third kappa shape index (κ3) is 9.44. The van der Waals surface area contributed by atoms with Crippen LogP contribution in [0.2, 0.25) is 0 Å². The number of aryl methyl sites for hydroxylation is 1. The fourth-order valence-electron chi connectivity index (χ4n) is 5.69. The number of halogens is 4. The van der Waals surface area contributed by atoms with Gasteiger partial charge in [-0.25, -0.2) is 9.18 Å². The lowest BCUT2D eigenvalue weighted by Gasteiger charge is -2.20. The van der Waals surface area contributed by atoms with Gasteiger partial charge in [0.15, 0.2) is 17.5 Å². The number of hydrogen-bond acceptors (Lipinski definition) is 8. The van der Waals surface area contributed by atoms with E-state index >= 15 is 4.39 Å². The number of nitrogens with one attached hydrogen (secondary N) is 5. The highest BCUT2D eigenvalue weighted by molar-refractivity contribution is 5.83. The van der Waals surface area contributed by atoms with Crippen LogP contribution in [0, 0.1) is 11.2 Å². The van der Waals surface area contributed by atoms with Crippen LogP contribution in [0.3, 0.4) is 0 Å². The molecule has 50 heavy (non-hydrogen) atoms. The molecule has 2 aromatic carbocycles. The van der Waals surface area contributed by atoms with Gasteiger partial charge < -0.3 is 31.8 Å². The Labute approximate surface area is 284 Å². The van der Waals surface area contributed by atoms with Crippen molar-refractivity contribution >= 4 is 17.0 Å². The van der Waals surface area contributed by atoms with Crippen molar-refractivity contribution in [1.82, 2.24) is 40.6 Å². The molecule has 3 atom stereocenters. The second-order valence-corrected chi connectivity index (χ2v) is 12.2. The van der Waals surface area contributed by atoms with Gasteiger partial charge in [0.1, 0.15) is 5.65 Å². The molecule has 0 saturated carbocycles. The molecule has 0 saturated heterocycles. The molecule has 0 radical (unpaired) electrons. The van der Waals surface area contributed by atoms with E-state index in [0.717, 1.165) is 17.3 Å². The van der Waals surface area contributed by atoms with Gasteiger partial charge in [0.2, 0.25) is 0 Å². The second-order valence-electron chi connectivity index (χ2n) is 12.2. The zero-order valence-corrected chi connectivity index (χ0v) is 27.4. The Balaban J connectivity index is 1.32. The number of aromatic amines is 2. The van der Waals surface area contributed by atoms with Gasteiger partial charge in [0.25, 0.3) is 0 Å². The lowest BCUT2D eigenvalue weighted by molar-refractivity contribution is -0.275. The first-order valence-corrected chi connectivity index (χ1v) is 16.0. The van der Waals surface area contributed by atoms with E-state index in [9.17, 15) is 18.0 Å². The Morgan fingerprint density at radius 2 is 1.90 bits per heavy atom. The van der Waals surface area contributed by atoms with Crippen molar-refractivity contribution in [2.24, 2.45) is 11.5 Å². The molecule has 0 amide bonds. The number of aromatic nitrogens is 6. The molecule has 0 aliphatic carbocycles. The average molecular weight is 698 g/mol. The van der Waals surface area contributed by atoms with E-state index in [4.69, 9.17) is 16.9 Å². The maximum absolute atomic E-state index is 15.4. The Bertz CT molecular complexity index is 1960. The van der Waals surface area contributed by atoms with Gasteiger partial charge >= 0.3 is 12.1 Å². The molecule has 3 aromatic heterocycles. The van der Waals surface area contributed by atoms with Crippen molar-refractivity contribution < 1.29 is 22.3 Å².